The zero-order valence-corrected chi connectivity index (χ0v) is 14.1. The van der Waals surface area contributed by atoms with E-state index in [-0.39, 0.29) is 11.8 Å². The van der Waals surface area contributed by atoms with E-state index in [1.54, 1.807) is 24.3 Å². The first-order valence-corrected chi connectivity index (χ1v) is 8.20. The standard InChI is InChI=1S/C21H16N2O3/c1-13(24)22-15-6-4-5-14(11-15)21(25)23-16-9-10-18-17-7-2-3-8-19(17)26-20(18)12-16/h2-12H,1H3,(H,22,24)(H,23,25). The van der Waals surface area contributed by atoms with E-state index in [1.807, 2.05) is 42.5 Å². The molecule has 5 nitrogen and oxygen atoms in total. The summed E-state index contributed by atoms with van der Waals surface area (Å²) in [4.78, 5) is 23.7. The number of nitrogens with one attached hydrogen (secondary N) is 2. The fourth-order valence-electron chi connectivity index (χ4n) is 2.95. The molecule has 5 heteroatoms. The van der Waals surface area contributed by atoms with Gasteiger partial charge in [0, 0.05) is 40.7 Å². The highest BCUT2D eigenvalue weighted by atomic mass is 16.3. The van der Waals surface area contributed by atoms with Crippen LogP contribution in [0.4, 0.5) is 11.4 Å². The van der Waals surface area contributed by atoms with Gasteiger partial charge in [0.2, 0.25) is 5.91 Å². The molecule has 0 aliphatic rings. The SMILES string of the molecule is CC(=O)Nc1cccc(C(=O)Nc2ccc3c(c2)oc2ccccc23)c1. The van der Waals surface area contributed by atoms with E-state index in [0.29, 0.717) is 16.9 Å². The highest BCUT2D eigenvalue weighted by molar-refractivity contribution is 6.08. The molecule has 0 unspecified atom stereocenters. The van der Waals surface area contributed by atoms with Crippen LogP contribution >= 0.6 is 0 Å². The monoisotopic (exact) mass is 344 g/mol. The predicted molar refractivity (Wildman–Crippen MR) is 102 cm³/mol. The Balaban J connectivity index is 1.61. The van der Waals surface area contributed by atoms with Gasteiger partial charge in [0.1, 0.15) is 11.2 Å². The van der Waals surface area contributed by atoms with Crippen LogP contribution in [-0.4, -0.2) is 11.8 Å². The Morgan fingerprint density at radius 3 is 2.38 bits per heavy atom. The summed E-state index contributed by atoms with van der Waals surface area (Å²) in [5.41, 5.74) is 3.22. The van der Waals surface area contributed by atoms with E-state index in [0.717, 1.165) is 21.9 Å². The molecular weight excluding hydrogens is 328 g/mol. The highest BCUT2D eigenvalue weighted by Crippen LogP contribution is 2.30. The van der Waals surface area contributed by atoms with Gasteiger partial charge in [0.25, 0.3) is 5.91 Å². The van der Waals surface area contributed by atoms with Crippen LogP contribution in [0.3, 0.4) is 0 Å². The van der Waals surface area contributed by atoms with Gasteiger partial charge >= 0.3 is 0 Å². The second-order valence-electron chi connectivity index (χ2n) is 6.03. The van der Waals surface area contributed by atoms with Crippen molar-refractivity contribution in [3.8, 4) is 0 Å². The summed E-state index contributed by atoms with van der Waals surface area (Å²) < 4.78 is 5.84. The van der Waals surface area contributed by atoms with Crippen molar-refractivity contribution in [2.24, 2.45) is 0 Å². The second-order valence-corrected chi connectivity index (χ2v) is 6.03. The summed E-state index contributed by atoms with van der Waals surface area (Å²) in [7, 11) is 0. The van der Waals surface area contributed by atoms with E-state index in [4.69, 9.17) is 4.42 Å². The first kappa shape index (κ1) is 15.9. The van der Waals surface area contributed by atoms with E-state index < -0.39 is 0 Å². The van der Waals surface area contributed by atoms with Crippen molar-refractivity contribution in [1.82, 2.24) is 0 Å². The summed E-state index contributed by atoms with van der Waals surface area (Å²) in [5, 5.41) is 7.58. The molecule has 0 saturated heterocycles. The van der Waals surface area contributed by atoms with Crippen molar-refractivity contribution in [3.05, 3.63) is 72.3 Å². The molecule has 1 aromatic heterocycles. The highest BCUT2D eigenvalue weighted by Gasteiger charge is 2.10. The van der Waals surface area contributed by atoms with Crippen LogP contribution < -0.4 is 10.6 Å². The molecule has 4 rings (SSSR count). The van der Waals surface area contributed by atoms with Gasteiger partial charge in [-0.1, -0.05) is 24.3 Å². The lowest BCUT2D eigenvalue weighted by Gasteiger charge is -2.07. The fraction of sp³-hybridized carbons (Fsp3) is 0.0476. The molecule has 1 heterocycles. The first-order chi connectivity index (χ1) is 12.6. The van der Waals surface area contributed by atoms with Gasteiger partial charge in [-0.3, -0.25) is 9.59 Å². The van der Waals surface area contributed by atoms with Gasteiger partial charge in [0.15, 0.2) is 0 Å². The molecular formula is C21H16N2O3. The third kappa shape index (κ3) is 3.02. The number of hydrogen-bond donors (Lipinski definition) is 2. The minimum atomic E-state index is -0.257. The van der Waals surface area contributed by atoms with Crippen molar-refractivity contribution < 1.29 is 14.0 Å². The lowest BCUT2D eigenvalue weighted by molar-refractivity contribution is -0.114. The number of carbonyl (C=O) groups is 2. The first-order valence-electron chi connectivity index (χ1n) is 8.20. The van der Waals surface area contributed by atoms with E-state index >= 15 is 0 Å². The molecule has 2 amide bonds. The molecule has 0 bridgehead atoms. The molecule has 128 valence electrons. The van der Waals surface area contributed by atoms with Crippen molar-refractivity contribution in [2.45, 2.75) is 6.92 Å². The van der Waals surface area contributed by atoms with Gasteiger partial charge in [-0.25, -0.2) is 0 Å². The zero-order chi connectivity index (χ0) is 18.1. The number of hydrogen-bond acceptors (Lipinski definition) is 3. The fourth-order valence-corrected chi connectivity index (χ4v) is 2.95. The lowest BCUT2D eigenvalue weighted by Crippen LogP contribution is -2.13. The minimum absolute atomic E-state index is 0.183. The predicted octanol–water partition coefficient (Wildman–Crippen LogP) is 4.80. The van der Waals surface area contributed by atoms with E-state index in [2.05, 4.69) is 10.6 Å². The summed E-state index contributed by atoms with van der Waals surface area (Å²) in [6.07, 6.45) is 0. The smallest absolute Gasteiger partial charge is 0.255 e. The molecule has 2 N–H and O–H groups in total. The molecule has 0 radical (unpaired) electrons. The summed E-state index contributed by atoms with van der Waals surface area (Å²) in [5.74, 6) is -0.439. The molecule has 0 atom stereocenters. The second kappa shape index (κ2) is 6.37. The van der Waals surface area contributed by atoms with E-state index in [9.17, 15) is 9.59 Å². The third-order valence-electron chi connectivity index (χ3n) is 4.08. The van der Waals surface area contributed by atoms with Crippen LogP contribution in [0.25, 0.3) is 21.9 Å². The van der Waals surface area contributed by atoms with Gasteiger partial charge in [-0.2, -0.15) is 0 Å². The van der Waals surface area contributed by atoms with Crippen LogP contribution in [0.2, 0.25) is 0 Å². The molecule has 0 saturated carbocycles. The van der Waals surface area contributed by atoms with Gasteiger partial charge in [-0.05, 0) is 36.4 Å². The number of amides is 2. The van der Waals surface area contributed by atoms with Crippen molar-refractivity contribution in [1.29, 1.82) is 0 Å². The largest absolute Gasteiger partial charge is 0.456 e. The number of fused-ring (bicyclic) bond motifs is 3. The maximum absolute atomic E-state index is 12.5. The number of benzene rings is 3. The average Bonchev–Trinajstić information content (AvgIpc) is 2.99. The van der Waals surface area contributed by atoms with Crippen molar-refractivity contribution in [2.75, 3.05) is 10.6 Å². The maximum atomic E-state index is 12.5. The van der Waals surface area contributed by atoms with Crippen molar-refractivity contribution >= 4 is 45.1 Å². The topological polar surface area (TPSA) is 71.3 Å². The molecule has 0 fully saturated rings. The van der Waals surface area contributed by atoms with Crippen molar-refractivity contribution in [3.63, 3.8) is 0 Å². The van der Waals surface area contributed by atoms with Crippen LogP contribution in [0.5, 0.6) is 0 Å². The summed E-state index contributed by atoms with van der Waals surface area (Å²) in [6, 6.07) is 20.2. The molecule has 3 aromatic carbocycles. The molecule has 4 aromatic rings. The number of para-hydroxylation sites is 1. The average molecular weight is 344 g/mol. The van der Waals surface area contributed by atoms with Crippen LogP contribution in [0.1, 0.15) is 17.3 Å². The van der Waals surface area contributed by atoms with Gasteiger partial charge in [-0.15, -0.1) is 0 Å². The van der Waals surface area contributed by atoms with Crippen LogP contribution in [0, 0.1) is 0 Å². The molecule has 0 aliphatic heterocycles. The number of furan rings is 1. The summed E-state index contributed by atoms with van der Waals surface area (Å²) >= 11 is 0. The Kier molecular flexibility index (Phi) is 3.89. The van der Waals surface area contributed by atoms with Gasteiger partial charge in [0.05, 0.1) is 0 Å². The third-order valence-corrected chi connectivity index (χ3v) is 4.08. The minimum Gasteiger partial charge on any atom is -0.456 e. The number of carbonyl (C=O) groups excluding carboxylic acids is 2. The Hall–Kier alpha value is -3.60. The normalized spacial score (nSPS) is 10.8. The van der Waals surface area contributed by atoms with Crippen LogP contribution in [0.15, 0.2) is 71.1 Å². The molecule has 0 spiro atoms. The zero-order valence-electron chi connectivity index (χ0n) is 14.1. The Labute approximate surface area is 149 Å². The van der Waals surface area contributed by atoms with Crippen LogP contribution in [-0.2, 0) is 4.79 Å². The number of rotatable bonds is 3. The Bertz CT molecular complexity index is 1140. The van der Waals surface area contributed by atoms with E-state index in [1.165, 1.54) is 6.92 Å². The quantitative estimate of drug-likeness (QED) is 0.561. The number of anilines is 2. The Morgan fingerprint density at radius 1 is 0.769 bits per heavy atom. The summed E-state index contributed by atoms with van der Waals surface area (Å²) in [6.45, 7) is 1.43. The molecule has 26 heavy (non-hydrogen) atoms. The lowest BCUT2D eigenvalue weighted by atomic mass is 10.1. The Morgan fingerprint density at radius 2 is 1.54 bits per heavy atom. The maximum Gasteiger partial charge on any atom is 0.255 e. The van der Waals surface area contributed by atoms with Gasteiger partial charge < -0.3 is 15.1 Å². The molecule has 0 aliphatic carbocycles.